The van der Waals surface area contributed by atoms with Gasteiger partial charge in [0.2, 0.25) is 0 Å². The zero-order valence-corrected chi connectivity index (χ0v) is 11.4. The number of carbonyl (C=O) groups is 2. The highest BCUT2D eigenvalue weighted by Crippen LogP contribution is 2.54. The lowest BCUT2D eigenvalue weighted by Crippen LogP contribution is -2.30. The maximum absolute atomic E-state index is 12.1. The van der Waals surface area contributed by atoms with Crippen LogP contribution in [0.5, 0.6) is 0 Å². The lowest BCUT2D eigenvalue weighted by Gasteiger charge is -2.20. The summed E-state index contributed by atoms with van der Waals surface area (Å²) >= 11 is 0. The molecule has 0 N–H and O–H groups in total. The third-order valence-electron chi connectivity index (χ3n) is 3.86. The van der Waals surface area contributed by atoms with Crippen molar-refractivity contribution in [1.82, 2.24) is 0 Å². The Bertz CT molecular complexity index is 476. The highest BCUT2D eigenvalue weighted by Gasteiger charge is 2.57. The SMILES string of the molecule is C=C(C)[C@H]1C[C@@]2(C(=O)OC)CCC(C(=O)OC)=C2O1. The smallest absolute Gasteiger partial charge is 0.337 e. The summed E-state index contributed by atoms with van der Waals surface area (Å²) in [6, 6.07) is 0. The van der Waals surface area contributed by atoms with Crippen molar-refractivity contribution in [2.45, 2.75) is 32.3 Å². The molecule has 0 aromatic rings. The summed E-state index contributed by atoms with van der Waals surface area (Å²) in [6.45, 7) is 5.70. The predicted octanol–water partition coefficient (Wildman–Crippen LogP) is 1.73. The van der Waals surface area contributed by atoms with Crippen LogP contribution in [0.4, 0.5) is 0 Å². The molecule has 0 bridgehead atoms. The molecule has 0 saturated carbocycles. The van der Waals surface area contributed by atoms with E-state index in [0.717, 1.165) is 5.57 Å². The summed E-state index contributed by atoms with van der Waals surface area (Å²) in [5.41, 5.74) is 0.424. The molecule has 5 heteroatoms. The molecule has 19 heavy (non-hydrogen) atoms. The van der Waals surface area contributed by atoms with E-state index in [0.29, 0.717) is 30.6 Å². The minimum atomic E-state index is -0.845. The van der Waals surface area contributed by atoms with Crippen LogP contribution in [0.2, 0.25) is 0 Å². The summed E-state index contributed by atoms with van der Waals surface area (Å²) in [5.74, 6) is -0.382. The van der Waals surface area contributed by atoms with Gasteiger partial charge in [-0.2, -0.15) is 0 Å². The normalized spacial score (nSPS) is 28.7. The van der Waals surface area contributed by atoms with Gasteiger partial charge in [-0.1, -0.05) is 6.58 Å². The van der Waals surface area contributed by atoms with Gasteiger partial charge in [0, 0.05) is 6.42 Å². The lowest BCUT2D eigenvalue weighted by molar-refractivity contribution is -0.150. The monoisotopic (exact) mass is 266 g/mol. The summed E-state index contributed by atoms with van der Waals surface area (Å²) in [6.07, 6.45) is 1.21. The van der Waals surface area contributed by atoms with Gasteiger partial charge in [0.25, 0.3) is 0 Å². The predicted molar refractivity (Wildman–Crippen MR) is 67.0 cm³/mol. The second-order valence-corrected chi connectivity index (χ2v) is 5.03. The second-order valence-electron chi connectivity index (χ2n) is 5.03. The minimum absolute atomic E-state index is 0.256. The maximum Gasteiger partial charge on any atom is 0.337 e. The highest BCUT2D eigenvalue weighted by atomic mass is 16.5. The van der Waals surface area contributed by atoms with E-state index in [1.54, 1.807) is 0 Å². The lowest BCUT2D eigenvalue weighted by atomic mass is 9.82. The van der Waals surface area contributed by atoms with Crippen molar-refractivity contribution in [3.8, 4) is 0 Å². The van der Waals surface area contributed by atoms with Crippen LogP contribution in [0.3, 0.4) is 0 Å². The quantitative estimate of drug-likeness (QED) is 0.575. The van der Waals surface area contributed by atoms with Crippen LogP contribution >= 0.6 is 0 Å². The fourth-order valence-electron chi connectivity index (χ4n) is 2.80. The van der Waals surface area contributed by atoms with E-state index in [4.69, 9.17) is 14.2 Å². The summed E-state index contributed by atoms with van der Waals surface area (Å²) in [7, 11) is 2.66. The van der Waals surface area contributed by atoms with Crippen LogP contribution in [-0.2, 0) is 23.8 Å². The van der Waals surface area contributed by atoms with Crippen molar-refractivity contribution in [3.63, 3.8) is 0 Å². The first kappa shape index (κ1) is 13.6. The summed E-state index contributed by atoms with van der Waals surface area (Å²) < 4.78 is 15.4. The number of methoxy groups -OCH3 is 2. The molecule has 0 amide bonds. The molecule has 1 heterocycles. The van der Waals surface area contributed by atoms with Crippen molar-refractivity contribution in [3.05, 3.63) is 23.5 Å². The fraction of sp³-hybridized carbons (Fsp3) is 0.571. The standard InChI is InChI=1S/C14H18O5/c1-8(2)10-7-14(13(16)18-4)6-5-9(11(14)19-10)12(15)17-3/h10H,1,5-7H2,2-4H3/t10-,14+/m1/s1. The van der Waals surface area contributed by atoms with Crippen molar-refractivity contribution in [2.75, 3.05) is 14.2 Å². The van der Waals surface area contributed by atoms with Gasteiger partial charge in [-0.25, -0.2) is 4.79 Å². The molecular formula is C14H18O5. The van der Waals surface area contributed by atoms with E-state index < -0.39 is 11.4 Å². The van der Waals surface area contributed by atoms with Gasteiger partial charge in [0.05, 0.1) is 19.8 Å². The molecule has 1 fully saturated rings. The Labute approximate surface area is 112 Å². The molecule has 0 spiro atoms. The highest BCUT2D eigenvalue weighted by molar-refractivity contribution is 5.93. The fourth-order valence-corrected chi connectivity index (χ4v) is 2.80. The van der Waals surface area contributed by atoms with Gasteiger partial charge in [-0.15, -0.1) is 0 Å². The molecule has 0 unspecified atom stereocenters. The van der Waals surface area contributed by atoms with E-state index in [1.807, 2.05) is 6.92 Å². The van der Waals surface area contributed by atoms with Gasteiger partial charge < -0.3 is 14.2 Å². The summed E-state index contributed by atoms with van der Waals surface area (Å²) in [4.78, 5) is 23.9. The number of hydrogen-bond acceptors (Lipinski definition) is 5. The Kier molecular flexibility index (Phi) is 3.39. The number of rotatable bonds is 3. The molecule has 1 aliphatic carbocycles. The molecule has 0 radical (unpaired) electrons. The Morgan fingerprint density at radius 2 is 2.05 bits per heavy atom. The number of fused-ring (bicyclic) bond motifs is 1. The van der Waals surface area contributed by atoms with Crippen LogP contribution in [0, 0.1) is 5.41 Å². The average molecular weight is 266 g/mol. The van der Waals surface area contributed by atoms with Gasteiger partial charge >= 0.3 is 11.9 Å². The number of carbonyl (C=O) groups excluding carboxylic acids is 2. The molecule has 5 nitrogen and oxygen atoms in total. The van der Waals surface area contributed by atoms with Crippen molar-refractivity contribution in [2.24, 2.45) is 5.41 Å². The summed E-state index contributed by atoms with van der Waals surface area (Å²) in [5, 5.41) is 0. The number of esters is 2. The first-order valence-corrected chi connectivity index (χ1v) is 6.18. The molecule has 0 aromatic heterocycles. The van der Waals surface area contributed by atoms with Crippen molar-refractivity contribution >= 4 is 11.9 Å². The molecule has 2 rings (SSSR count). The van der Waals surface area contributed by atoms with Crippen LogP contribution in [0.1, 0.15) is 26.2 Å². The van der Waals surface area contributed by atoms with Crippen molar-refractivity contribution in [1.29, 1.82) is 0 Å². The third kappa shape index (κ3) is 1.93. The van der Waals surface area contributed by atoms with E-state index in [9.17, 15) is 9.59 Å². The number of hydrogen-bond donors (Lipinski definition) is 0. The molecular weight excluding hydrogens is 248 g/mol. The Morgan fingerprint density at radius 1 is 1.37 bits per heavy atom. The molecule has 0 aromatic carbocycles. The van der Waals surface area contributed by atoms with Gasteiger partial charge in [0.1, 0.15) is 17.3 Å². The molecule has 1 aliphatic heterocycles. The zero-order chi connectivity index (χ0) is 14.2. The van der Waals surface area contributed by atoms with Gasteiger partial charge in [0.15, 0.2) is 0 Å². The van der Waals surface area contributed by atoms with E-state index in [2.05, 4.69) is 6.58 Å². The van der Waals surface area contributed by atoms with Gasteiger partial charge in [-0.3, -0.25) is 4.79 Å². The largest absolute Gasteiger partial charge is 0.489 e. The van der Waals surface area contributed by atoms with Crippen LogP contribution < -0.4 is 0 Å². The van der Waals surface area contributed by atoms with Crippen LogP contribution in [-0.4, -0.2) is 32.3 Å². The molecule has 2 aliphatic rings. The maximum atomic E-state index is 12.1. The van der Waals surface area contributed by atoms with Gasteiger partial charge in [-0.05, 0) is 25.3 Å². The molecule has 2 atom stereocenters. The third-order valence-corrected chi connectivity index (χ3v) is 3.86. The molecule has 1 saturated heterocycles. The van der Waals surface area contributed by atoms with E-state index >= 15 is 0 Å². The molecule has 104 valence electrons. The van der Waals surface area contributed by atoms with Crippen molar-refractivity contribution < 1.29 is 23.8 Å². The Balaban J connectivity index is 2.46. The van der Waals surface area contributed by atoms with E-state index in [-0.39, 0.29) is 12.1 Å². The first-order chi connectivity index (χ1) is 8.96. The zero-order valence-electron chi connectivity index (χ0n) is 11.4. The van der Waals surface area contributed by atoms with Crippen LogP contribution in [0.25, 0.3) is 0 Å². The number of ether oxygens (including phenoxy) is 3. The Hall–Kier alpha value is -1.78. The topological polar surface area (TPSA) is 61.8 Å². The minimum Gasteiger partial charge on any atom is -0.489 e. The van der Waals surface area contributed by atoms with Crippen LogP contribution in [0.15, 0.2) is 23.5 Å². The second kappa shape index (κ2) is 4.72. The van der Waals surface area contributed by atoms with E-state index in [1.165, 1.54) is 14.2 Å². The average Bonchev–Trinajstić information content (AvgIpc) is 2.93. The first-order valence-electron chi connectivity index (χ1n) is 6.18. The Morgan fingerprint density at radius 3 is 2.58 bits per heavy atom.